The lowest BCUT2D eigenvalue weighted by Gasteiger charge is -2.21. The molecular formula is C14H21BrN2O2. The summed E-state index contributed by atoms with van der Waals surface area (Å²) in [7, 11) is 0. The van der Waals surface area contributed by atoms with Gasteiger partial charge in [-0.2, -0.15) is 0 Å². The first-order chi connectivity index (χ1) is 9.19. The number of aliphatic hydroxyl groups is 1. The van der Waals surface area contributed by atoms with Crippen LogP contribution in [0.3, 0.4) is 0 Å². The summed E-state index contributed by atoms with van der Waals surface area (Å²) in [6.07, 6.45) is 6.05. The summed E-state index contributed by atoms with van der Waals surface area (Å²) < 4.78 is 0.647. The smallest absolute Gasteiger partial charge is 0.254 e. The molecule has 1 aromatic heterocycles. The molecule has 4 nitrogen and oxygen atoms in total. The number of aliphatic hydroxyl groups excluding tert-OH is 1. The van der Waals surface area contributed by atoms with Crippen molar-refractivity contribution in [1.29, 1.82) is 0 Å². The number of carbonyl (C=O) groups is 1. The molecule has 19 heavy (non-hydrogen) atoms. The lowest BCUT2D eigenvalue weighted by atomic mass is 10.2. The highest BCUT2D eigenvalue weighted by molar-refractivity contribution is 9.10. The van der Waals surface area contributed by atoms with Gasteiger partial charge in [0.25, 0.3) is 5.91 Å². The first kappa shape index (κ1) is 16.1. The molecule has 0 saturated heterocycles. The molecule has 1 amide bonds. The summed E-state index contributed by atoms with van der Waals surface area (Å²) in [4.78, 5) is 18.0. The SMILES string of the molecule is CCCCCCN(CCO)C(=O)c1ccnc(Br)c1. The van der Waals surface area contributed by atoms with Crippen molar-refractivity contribution in [3.8, 4) is 0 Å². The van der Waals surface area contributed by atoms with Crippen molar-refractivity contribution in [1.82, 2.24) is 9.88 Å². The molecule has 1 N–H and O–H groups in total. The van der Waals surface area contributed by atoms with Crippen molar-refractivity contribution in [2.45, 2.75) is 32.6 Å². The second-order valence-corrected chi connectivity index (χ2v) is 5.26. The van der Waals surface area contributed by atoms with E-state index in [4.69, 9.17) is 5.11 Å². The second kappa shape index (κ2) is 9.04. The normalized spacial score (nSPS) is 10.5. The molecule has 1 rings (SSSR count). The third-order valence-electron chi connectivity index (χ3n) is 2.91. The predicted molar refractivity (Wildman–Crippen MR) is 79.1 cm³/mol. The molecule has 0 unspecified atom stereocenters. The van der Waals surface area contributed by atoms with Crippen LogP contribution >= 0.6 is 15.9 Å². The van der Waals surface area contributed by atoms with Gasteiger partial charge in [-0.15, -0.1) is 0 Å². The Morgan fingerprint density at radius 2 is 2.16 bits per heavy atom. The minimum Gasteiger partial charge on any atom is -0.395 e. The Balaban J connectivity index is 2.61. The fraction of sp³-hybridized carbons (Fsp3) is 0.571. The molecule has 0 fully saturated rings. The van der Waals surface area contributed by atoms with Crippen LogP contribution in [-0.4, -0.2) is 40.6 Å². The lowest BCUT2D eigenvalue weighted by Crippen LogP contribution is -2.34. The predicted octanol–water partition coefficient (Wildman–Crippen LogP) is 2.86. The molecule has 0 aliphatic rings. The van der Waals surface area contributed by atoms with Crippen LogP contribution in [0.15, 0.2) is 22.9 Å². The van der Waals surface area contributed by atoms with Crippen molar-refractivity contribution >= 4 is 21.8 Å². The monoisotopic (exact) mass is 328 g/mol. The molecule has 0 radical (unpaired) electrons. The number of pyridine rings is 1. The van der Waals surface area contributed by atoms with Gasteiger partial charge in [-0.1, -0.05) is 26.2 Å². The quantitative estimate of drug-likeness (QED) is 0.589. The Bertz CT molecular complexity index is 399. The van der Waals surface area contributed by atoms with Crippen LogP contribution < -0.4 is 0 Å². The van der Waals surface area contributed by atoms with Gasteiger partial charge in [-0.25, -0.2) is 4.98 Å². The van der Waals surface area contributed by atoms with E-state index in [2.05, 4.69) is 27.8 Å². The number of hydrogen-bond donors (Lipinski definition) is 1. The Morgan fingerprint density at radius 1 is 1.37 bits per heavy atom. The van der Waals surface area contributed by atoms with E-state index >= 15 is 0 Å². The molecule has 1 heterocycles. The van der Waals surface area contributed by atoms with Crippen molar-refractivity contribution < 1.29 is 9.90 Å². The zero-order valence-corrected chi connectivity index (χ0v) is 12.9. The van der Waals surface area contributed by atoms with Crippen molar-refractivity contribution in [2.24, 2.45) is 0 Å². The van der Waals surface area contributed by atoms with E-state index in [1.165, 1.54) is 12.8 Å². The van der Waals surface area contributed by atoms with Gasteiger partial charge in [-0.05, 0) is 34.5 Å². The fourth-order valence-corrected chi connectivity index (χ4v) is 2.25. The van der Waals surface area contributed by atoms with Crippen molar-refractivity contribution in [3.63, 3.8) is 0 Å². The largest absolute Gasteiger partial charge is 0.395 e. The Kier molecular flexibility index (Phi) is 7.67. The van der Waals surface area contributed by atoms with Crippen molar-refractivity contribution in [2.75, 3.05) is 19.7 Å². The van der Waals surface area contributed by atoms with Gasteiger partial charge in [0.05, 0.1) is 6.61 Å². The number of nitrogens with zero attached hydrogens (tertiary/aromatic N) is 2. The Morgan fingerprint density at radius 3 is 2.79 bits per heavy atom. The van der Waals surface area contributed by atoms with Gasteiger partial charge in [0.1, 0.15) is 4.60 Å². The maximum absolute atomic E-state index is 12.3. The molecule has 0 spiro atoms. The molecule has 0 bridgehead atoms. The molecular weight excluding hydrogens is 308 g/mol. The van der Waals surface area contributed by atoms with Crippen molar-refractivity contribution in [3.05, 3.63) is 28.5 Å². The number of amides is 1. The zero-order valence-electron chi connectivity index (χ0n) is 11.3. The number of rotatable bonds is 8. The summed E-state index contributed by atoms with van der Waals surface area (Å²) in [6.45, 7) is 3.22. The third-order valence-corrected chi connectivity index (χ3v) is 3.35. The van der Waals surface area contributed by atoms with Crippen LogP contribution in [0.1, 0.15) is 43.0 Å². The van der Waals surface area contributed by atoms with Crippen LogP contribution in [0, 0.1) is 0 Å². The lowest BCUT2D eigenvalue weighted by molar-refractivity contribution is 0.0718. The van der Waals surface area contributed by atoms with Gasteiger partial charge >= 0.3 is 0 Å². The summed E-state index contributed by atoms with van der Waals surface area (Å²) in [5.74, 6) is -0.0475. The molecule has 0 atom stereocenters. The van der Waals surface area contributed by atoms with Gasteiger partial charge in [-0.3, -0.25) is 4.79 Å². The first-order valence-corrected chi connectivity index (χ1v) is 7.50. The third kappa shape index (κ3) is 5.70. The number of hydrogen-bond acceptors (Lipinski definition) is 3. The van der Waals surface area contributed by atoms with Crippen LogP contribution in [0.4, 0.5) is 0 Å². The number of unbranched alkanes of at least 4 members (excludes halogenated alkanes) is 3. The van der Waals surface area contributed by atoms with Gasteiger partial charge in [0, 0.05) is 24.8 Å². The zero-order chi connectivity index (χ0) is 14.1. The summed E-state index contributed by atoms with van der Waals surface area (Å²) in [6, 6.07) is 3.41. The van der Waals surface area contributed by atoms with E-state index in [-0.39, 0.29) is 12.5 Å². The minimum absolute atomic E-state index is 0.00816. The van der Waals surface area contributed by atoms with E-state index in [1.54, 1.807) is 23.2 Å². The summed E-state index contributed by atoms with van der Waals surface area (Å²) >= 11 is 3.26. The summed E-state index contributed by atoms with van der Waals surface area (Å²) in [5.41, 5.74) is 0.603. The van der Waals surface area contributed by atoms with E-state index in [0.29, 0.717) is 23.3 Å². The van der Waals surface area contributed by atoms with Crippen LogP contribution in [0.5, 0.6) is 0 Å². The standard InChI is InChI=1S/C14H21BrN2O2/c1-2-3-4-5-8-17(9-10-18)14(19)12-6-7-16-13(15)11-12/h6-7,11,18H,2-5,8-10H2,1H3. The topological polar surface area (TPSA) is 53.4 Å². The highest BCUT2D eigenvalue weighted by atomic mass is 79.9. The Labute approximate surface area is 123 Å². The van der Waals surface area contributed by atoms with E-state index in [9.17, 15) is 4.79 Å². The maximum atomic E-state index is 12.3. The number of carbonyl (C=O) groups excluding carboxylic acids is 1. The average molecular weight is 329 g/mol. The minimum atomic E-state index is -0.0475. The fourth-order valence-electron chi connectivity index (χ4n) is 1.88. The van der Waals surface area contributed by atoms with Crippen LogP contribution in [0.2, 0.25) is 0 Å². The van der Waals surface area contributed by atoms with E-state index in [1.807, 2.05) is 0 Å². The molecule has 0 aromatic carbocycles. The molecule has 0 aliphatic carbocycles. The van der Waals surface area contributed by atoms with Gasteiger partial charge in [0.2, 0.25) is 0 Å². The first-order valence-electron chi connectivity index (χ1n) is 6.70. The molecule has 1 aromatic rings. The van der Waals surface area contributed by atoms with Crippen LogP contribution in [0.25, 0.3) is 0 Å². The highest BCUT2D eigenvalue weighted by Crippen LogP contribution is 2.11. The summed E-state index contributed by atoms with van der Waals surface area (Å²) in [5, 5.41) is 9.07. The second-order valence-electron chi connectivity index (χ2n) is 4.44. The maximum Gasteiger partial charge on any atom is 0.254 e. The number of aromatic nitrogens is 1. The van der Waals surface area contributed by atoms with E-state index in [0.717, 1.165) is 12.8 Å². The van der Waals surface area contributed by atoms with Gasteiger partial charge in [0.15, 0.2) is 0 Å². The number of halogens is 1. The van der Waals surface area contributed by atoms with Crippen LogP contribution in [-0.2, 0) is 0 Å². The average Bonchev–Trinajstić information content (AvgIpc) is 2.41. The molecule has 5 heteroatoms. The molecule has 0 saturated carbocycles. The van der Waals surface area contributed by atoms with Gasteiger partial charge < -0.3 is 10.0 Å². The Hall–Kier alpha value is -0.940. The molecule has 106 valence electrons. The molecule has 0 aliphatic heterocycles. The van der Waals surface area contributed by atoms with E-state index < -0.39 is 0 Å². The highest BCUT2D eigenvalue weighted by Gasteiger charge is 2.15.